The molecule has 0 aliphatic heterocycles. The quantitative estimate of drug-likeness (QED) is 0.400. The number of rotatable bonds is 7. The van der Waals surface area contributed by atoms with Gasteiger partial charge in [-0.2, -0.15) is 0 Å². The molecule has 15 heavy (non-hydrogen) atoms. The molecule has 0 aromatic rings. The number of hydrogen-bond acceptors (Lipinski definition) is 3. The van der Waals surface area contributed by atoms with Crippen molar-refractivity contribution in [2.75, 3.05) is 19.7 Å². The van der Waals surface area contributed by atoms with E-state index in [4.69, 9.17) is 4.74 Å². The van der Waals surface area contributed by atoms with Gasteiger partial charge in [-0.05, 0) is 32.7 Å². The third-order valence-electron chi connectivity index (χ3n) is 1.83. The zero-order chi connectivity index (χ0) is 11.7. The molecule has 0 heterocycles. The molecular formula is C12H23NO2. The summed E-state index contributed by atoms with van der Waals surface area (Å²) < 4.78 is 4.98. The van der Waals surface area contributed by atoms with Crippen LogP contribution < -0.4 is 5.32 Å². The van der Waals surface area contributed by atoms with E-state index < -0.39 is 0 Å². The normalized spacial score (nSPS) is 10.2. The van der Waals surface area contributed by atoms with Crippen molar-refractivity contribution in [2.45, 2.75) is 34.1 Å². The Morgan fingerprint density at radius 1 is 1.33 bits per heavy atom. The van der Waals surface area contributed by atoms with Crippen molar-refractivity contribution >= 4 is 5.97 Å². The number of carbonyl (C=O) groups excluding carboxylic acids is 1. The predicted octanol–water partition coefficient (Wildman–Crippen LogP) is 2.13. The Morgan fingerprint density at radius 2 is 2.00 bits per heavy atom. The molecule has 88 valence electrons. The molecule has 0 bridgehead atoms. The van der Waals surface area contributed by atoms with Crippen molar-refractivity contribution < 1.29 is 9.53 Å². The average Bonchev–Trinajstić information content (AvgIpc) is 2.09. The van der Waals surface area contributed by atoms with Crippen LogP contribution in [0, 0.1) is 5.92 Å². The van der Waals surface area contributed by atoms with Gasteiger partial charge in [0.1, 0.15) is 6.61 Å². The average molecular weight is 213 g/mol. The first-order valence-electron chi connectivity index (χ1n) is 5.54. The van der Waals surface area contributed by atoms with Gasteiger partial charge in [-0.1, -0.05) is 19.4 Å². The Kier molecular flexibility index (Phi) is 8.01. The predicted molar refractivity (Wildman–Crippen MR) is 62.7 cm³/mol. The summed E-state index contributed by atoms with van der Waals surface area (Å²) in [5, 5.41) is 3.23. The van der Waals surface area contributed by atoms with Crippen molar-refractivity contribution in [1.29, 1.82) is 0 Å². The third-order valence-corrected chi connectivity index (χ3v) is 1.83. The van der Waals surface area contributed by atoms with Crippen LogP contribution in [0.3, 0.4) is 0 Å². The maximum atomic E-state index is 11.1. The zero-order valence-electron chi connectivity index (χ0n) is 10.3. The maximum absolute atomic E-state index is 11.1. The summed E-state index contributed by atoms with van der Waals surface area (Å²) in [5.74, 6) is 0.464. The molecule has 0 saturated heterocycles. The fourth-order valence-corrected chi connectivity index (χ4v) is 1.02. The maximum Gasteiger partial charge on any atom is 0.330 e. The van der Waals surface area contributed by atoms with Gasteiger partial charge in [0.15, 0.2) is 0 Å². The molecule has 0 atom stereocenters. The number of carbonyl (C=O) groups is 1. The first-order valence-corrected chi connectivity index (χ1v) is 5.54. The summed E-state index contributed by atoms with van der Waals surface area (Å²) in [6.45, 7) is 10.3. The van der Waals surface area contributed by atoms with E-state index in [2.05, 4.69) is 19.2 Å². The molecule has 1 N–H and O–H groups in total. The monoisotopic (exact) mass is 213 g/mol. The number of esters is 1. The second kappa shape index (κ2) is 8.48. The minimum Gasteiger partial charge on any atom is -0.461 e. The first-order chi connectivity index (χ1) is 7.02. The van der Waals surface area contributed by atoms with Crippen molar-refractivity contribution in [1.82, 2.24) is 5.32 Å². The first kappa shape index (κ1) is 14.2. The summed E-state index contributed by atoms with van der Waals surface area (Å²) >= 11 is 0. The van der Waals surface area contributed by atoms with Gasteiger partial charge < -0.3 is 10.1 Å². The molecule has 0 unspecified atom stereocenters. The van der Waals surface area contributed by atoms with Crippen LogP contribution in [0.1, 0.15) is 34.1 Å². The number of nitrogens with one attached hydrogen (secondary N) is 1. The van der Waals surface area contributed by atoms with Gasteiger partial charge in [0.2, 0.25) is 0 Å². The van der Waals surface area contributed by atoms with Gasteiger partial charge in [-0.25, -0.2) is 4.79 Å². The van der Waals surface area contributed by atoms with Gasteiger partial charge in [-0.3, -0.25) is 0 Å². The molecule has 0 aliphatic carbocycles. The molecule has 0 aromatic carbocycles. The standard InChI is InChI=1S/C12H23NO2/c1-10(2)5-6-13-7-8-15-12(14)9-11(3)4/h9-10,13H,5-8H2,1-4H3. The summed E-state index contributed by atoms with van der Waals surface area (Å²) in [7, 11) is 0. The van der Waals surface area contributed by atoms with Crippen LogP contribution in [-0.2, 0) is 9.53 Å². The Morgan fingerprint density at radius 3 is 2.53 bits per heavy atom. The van der Waals surface area contributed by atoms with E-state index in [0.29, 0.717) is 12.5 Å². The fourth-order valence-electron chi connectivity index (χ4n) is 1.02. The SMILES string of the molecule is CC(C)=CC(=O)OCCNCCC(C)C. The van der Waals surface area contributed by atoms with E-state index in [-0.39, 0.29) is 5.97 Å². The van der Waals surface area contributed by atoms with Crippen molar-refractivity contribution in [2.24, 2.45) is 5.92 Å². The van der Waals surface area contributed by atoms with Crippen LogP contribution in [0.25, 0.3) is 0 Å². The molecule has 0 amide bonds. The van der Waals surface area contributed by atoms with E-state index in [9.17, 15) is 4.79 Å². The van der Waals surface area contributed by atoms with Crippen molar-refractivity contribution in [3.8, 4) is 0 Å². The summed E-state index contributed by atoms with van der Waals surface area (Å²) in [6.07, 6.45) is 2.66. The van der Waals surface area contributed by atoms with Crippen LogP contribution in [0.15, 0.2) is 11.6 Å². The lowest BCUT2D eigenvalue weighted by Gasteiger charge is -2.06. The van der Waals surface area contributed by atoms with Crippen molar-refractivity contribution in [3.05, 3.63) is 11.6 Å². The van der Waals surface area contributed by atoms with Gasteiger partial charge >= 0.3 is 5.97 Å². The highest BCUT2D eigenvalue weighted by Crippen LogP contribution is 1.95. The van der Waals surface area contributed by atoms with E-state index in [1.54, 1.807) is 0 Å². The highest BCUT2D eigenvalue weighted by molar-refractivity contribution is 5.82. The molecule has 3 heteroatoms. The molecule has 0 spiro atoms. The largest absolute Gasteiger partial charge is 0.461 e. The minimum atomic E-state index is -0.249. The smallest absolute Gasteiger partial charge is 0.330 e. The lowest BCUT2D eigenvalue weighted by atomic mass is 10.1. The van der Waals surface area contributed by atoms with Crippen LogP contribution in [-0.4, -0.2) is 25.7 Å². The van der Waals surface area contributed by atoms with E-state index >= 15 is 0 Å². The fraction of sp³-hybridized carbons (Fsp3) is 0.750. The lowest BCUT2D eigenvalue weighted by Crippen LogP contribution is -2.22. The molecular weight excluding hydrogens is 190 g/mol. The minimum absolute atomic E-state index is 0.249. The molecule has 0 saturated carbocycles. The third kappa shape index (κ3) is 11.1. The second-order valence-corrected chi connectivity index (χ2v) is 4.32. The number of ether oxygens (including phenoxy) is 1. The van der Waals surface area contributed by atoms with Gasteiger partial charge in [0.25, 0.3) is 0 Å². The summed E-state index contributed by atoms with van der Waals surface area (Å²) in [5.41, 5.74) is 0.966. The van der Waals surface area contributed by atoms with Crippen molar-refractivity contribution in [3.63, 3.8) is 0 Å². The van der Waals surface area contributed by atoms with E-state index in [1.165, 1.54) is 6.08 Å². The molecule has 0 aromatic heterocycles. The van der Waals surface area contributed by atoms with Crippen LogP contribution in [0.2, 0.25) is 0 Å². The molecule has 0 radical (unpaired) electrons. The van der Waals surface area contributed by atoms with Gasteiger partial charge in [0, 0.05) is 12.6 Å². The molecule has 0 aliphatic rings. The Balaban J connectivity index is 3.32. The van der Waals surface area contributed by atoms with Gasteiger partial charge in [0.05, 0.1) is 0 Å². The highest BCUT2D eigenvalue weighted by atomic mass is 16.5. The molecule has 0 rings (SSSR count). The van der Waals surface area contributed by atoms with Gasteiger partial charge in [-0.15, -0.1) is 0 Å². The Labute approximate surface area is 92.9 Å². The number of hydrogen-bond donors (Lipinski definition) is 1. The number of allylic oxidation sites excluding steroid dienone is 1. The van der Waals surface area contributed by atoms with Crippen LogP contribution in [0.4, 0.5) is 0 Å². The van der Waals surface area contributed by atoms with E-state index in [1.807, 2.05) is 13.8 Å². The van der Waals surface area contributed by atoms with Crippen LogP contribution >= 0.6 is 0 Å². The van der Waals surface area contributed by atoms with E-state index in [0.717, 1.165) is 25.1 Å². The van der Waals surface area contributed by atoms with Crippen LogP contribution in [0.5, 0.6) is 0 Å². The lowest BCUT2D eigenvalue weighted by molar-refractivity contribution is -0.137. The Hall–Kier alpha value is -0.830. The Bertz CT molecular complexity index is 206. The summed E-state index contributed by atoms with van der Waals surface area (Å²) in [4.78, 5) is 11.1. The zero-order valence-corrected chi connectivity index (χ0v) is 10.3. The molecule has 0 fully saturated rings. The molecule has 3 nitrogen and oxygen atoms in total. The summed E-state index contributed by atoms with van der Waals surface area (Å²) in [6, 6.07) is 0. The second-order valence-electron chi connectivity index (χ2n) is 4.32. The highest BCUT2D eigenvalue weighted by Gasteiger charge is 1.97. The topological polar surface area (TPSA) is 38.3 Å².